The number of benzene rings is 1. The summed E-state index contributed by atoms with van der Waals surface area (Å²) in [5.41, 5.74) is 8.92. The number of halogens is 1. The molecule has 4 aromatic rings. The maximum absolute atomic E-state index is 13.2. The monoisotopic (exact) mass is 500 g/mol. The van der Waals surface area contributed by atoms with Gasteiger partial charge in [-0.25, -0.2) is 13.9 Å². The van der Waals surface area contributed by atoms with Crippen LogP contribution in [-0.2, 0) is 28.7 Å². The van der Waals surface area contributed by atoms with E-state index in [-0.39, 0.29) is 11.6 Å². The molecule has 3 N–H and O–H groups in total. The molecule has 12 heteroatoms. The number of hydrogen-bond donors (Lipinski definition) is 2. The summed E-state index contributed by atoms with van der Waals surface area (Å²) < 4.78 is 40.8. The minimum atomic E-state index is -4.89. The number of nitrogens with zero attached hydrogens (tertiary/aromatic N) is 3. The molecule has 1 unspecified atom stereocenters. The molecule has 4 rings (SSSR count). The van der Waals surface area contributed by atoms with Gasteiger partial charge in [0.2, 0.25) is 5.88 Å². The predicted octanol–water partition coefficient (Wildman–Crippen LogP) is 2.39. The number of phosphoric ester groups is 1. The third-order valence-electron chi connectivity index (χ3n) is 5.01. The standard InChI is InChI=1S/C23H22FN4O6P/c24-18-4-1-3-16(11-18)8-10-32-22-7-6-17(14-26-22)12-19-13-21(34-27-19)20-5-2-9-28(23(20)25)15-33-35(29,30)31/h1-7,9,11,13-14,25H,8,10,12,15H2,(H2,29,30,31). The number of phosphoric acid groups is 1. The van der Waals surface area contributed by atoms with Gasteiger partial charge < -0.3 is 19.0 Å². The van der Waals surface area contributed by atoms with Gasteiger partial charge in [0.05, 0.1) is 18.5 Å². The molecule has 0 spiro atoms. The quantitative estimate of drug-likeness (QED) is 0.247. The average Bonchev–Trinajstić information content (AvgIpc) is 3.27. The number of nitrogen functional groups attached to an aromatic ring is 1. The zero-order valence-electron chi connectivity index (χ0n) is 18.4. The Morgan fingerprint density at radius 3 is 2.77 bits per heavy atom. The smallest absolute Gasteiger partial charge is 0.285 e. The van der Waals surface area contributed by atoms with Crippen LogP contribution in [-0.4, -0.2) is 21.6 Å². The van der Waals surface area contributed by atoms with Gasteiger partial charge in [-0.1, -0.05) is 23.4 Å². The summed E-state index contributed by atoms with van der Waals surface area (Å²) in [4.78, 5) is 23.9. The number of anilines is 1. The molecular weight excluding hydrogens is 478 g/mol. The van der Waals surface area contributed by atoms with Crippen molar-refractivity contribution in [1.29, 1.82) is 0 Å². The van der Waals surface area contributed by atoms with E-state index < -0.39 is 14.6 Å². The van der Waals surface area contributed by atoms with Gasteiger partial charge in [-0.05, 0) is 35.4 Å². The van der Waals surface area contributed by atoms with Gasteiger partial charge in [-0.15, -0.1) is 0 Å². The van der Waals surface area contributed by atoms with Gasteiger partial charge >= 0.3 is 0 Å². The van der Waals surface area contributed by atoms with Gasteiger partial charge in [0.25, 0.3) is 13.6 Å². The van der Waals surface area contributed by atoms with Crippen LogP contribution < -0.4 is 19.9 Å². The summed E-state index contributed by atoms with van der Waals surface area (Å²) in [6.07, 6.45) is 4.18. The summed E-state index contributed by atoms with van der Waals surface area (Å²) in [6, 6.07) is 15.0. The molecule has 0 radical (unpaired) electrons. The second-order valence-electron chi connectivity index (χ2n) is 7.60. The van der Waals surface area contributed by atoms with E-state index >= 15 is 0 Å². The molecule has 3 heterocycles. The van der Waals surface area contributed by atoms with Crippen LogP contribution in [0, 0.1) is 5.82 Å². The number of rotatable bonds is 10. The second kappa shape index (κ2) is 10.7. The Morgan fingerprint density at radius 2 is 2.03 bits per heavy atom. The highest BCUT2D eigenvalue weighted by Crippen LogP contribution is 2.30. The molecule has 182 valence electrons. The Hall–Kier alpha value is -3.63. The van der Waals surface area contributed by atoms with E-state index in [9.17, 15) is 13.8 Å². The largest absolute Gasteiger partial charge is 0.756 e. The third-order valence-corrected chi connectivity index (χ3v) is 5.45. The van der Waals surface area contributed by atoms with Crippen molar-refractivity contribution in [2.24, 2.45) is 0 Å². The lowest BCUT2D eigenvalue weighted by Gasteiger charge is -2.14. The fourth-order valence-electron chi connectivity index (χ4n) is 3.32. The van der Waals surface area contributed by atoms with E-state index in [4.69, 9.17) is 19.9 Å². The van der Waals surface area contributed by atoms with Crippen LogP contribution in [0.5, 0.6) is 5.88 Å². The number of nitrogens with two attached hydrogens (primary N) is 1. The zero-order chi connectivity index (χ0) is 24.8. The van der Waals surface area contributed by atoms with Crippen LogP contribution in [0.3, 0.4) is 0 Å². The van der Waals surface area contributed by atoms with Crippen molar-refractivity contribution in [2.75, 3.05) is 12.3 Å². The first-order chi connectivity index (χ1) is 16.8. The van der Waals surface area contributed by atoms with Crippen LogP contribution >= 0.6 is 7.82 Å². The van der Waals surface area contributed by atoms with E-state index in [1.165, 1.54) is 22.9 Å². The van der Waals surface area contributed by atoms with Gasteiger partial charge in [-0.2, -0.15) is 0 Å². The van der Waals surface area contributed by atoms with Crippen molar-refractivity contribution in [3.05, 3.63) is 89.6 Å². The summed E-state index contributed by atoms with van der Waals surface area (Å²) in [5, 5.41) is 4.06. The molecule has 0 saturated heterocycles. The van der Waals surface area contributed by atoms with Gasteiger partial charge in [0.15, 0.2) is 12.5 Å². The number of pyridine rings is 2. The Morgan fingerprint density at radius 1 is 1.17 bits per heavy atom. The highest BCUT2D eigenvalue weighted by atomic mass is 31.2. The lowest BCUT2D eigenvalue weighted by Crippen LogP contribution is -2.38. The number of ether oxygens (including phenoxy) is 1. The first kappa shape index (κ1) is 24.5. The highest BCUT2D eigenvalue weighted by molar-refractivity contribution is 7.44. The van der Waals surface area contributed by atoms with Crippen LogP contribution in [0.2, 0.25) is 0 Å². The SMILES string of the molecule is Nc1c(-c2cc(Cc3ccc(OCCc4cccc(F)c4)nc3)no2)ccc[n+]1COP(=O)([O-])O. The maximum atomic E-state index is 13.2. The van der Waals surface area contributed by atoms with E-state index in [1.807, 2.05) is 12.1 Å². The molecule has 35 heavy (non-hydrogen) atoms. The van der Waals surface area contributed by atoms with Crippen LogP contribution in [0.25, 0.3) is 11.3 Å². The van der Waals surface area contributed by atoms with E-state index in [0.717, 1.165) is 11.1 Å². The summed E-state index contributed by atoms with van der Waals surface area (Å²) in [6.45, 7) is -0.114. The molecule has 1 aromatic carbocycles. The van der Waals surface area contributed by atoms with Crippen LogP contribution in [0.4, 0.5) is 10.2 Å². The fourth-order valence-corrected chi connectivity index (χ4v) is 3.59. The molecule has 0 aliphatic heterocycles. The van der Waals surface area contributed by atoms with E-state index in [0.29, 0.717) is 42.3 Å². The van der Waals surface area contributed by atoms with Crippen molar-refractivity contribution in [3.63, 3.8) is 0 Å². The second-order valence-corrected chi connectivity index (χ2v) is 8.79. The number of aromatic nitrogens is 3. The molecule has 0 saturated carbocycles. The van der Waals surface area contributed by atoms with Crippen molar-refractivity contribution >= 4 is 13.6 Å². The first-order valence-electron chi connectivity index (χ1n) is 10.5. The summed E-state index contributed by atoms with van der Waals surface area (Å²) >= 11 is 0. The molecule has 0 fully saturated rings. The topological polar surface area (TPSA) is 148 Å². The molecule has 3 aromatic heterocycles. The van der Waals surface area contributed by atoms with E-state index in [1.54, 1.807) is 36.5 Å². The van der Waals surface area contributed by atoms with E-state index in [2.05, 4.69) is 14.7 Å². The van der Waals surface area contributed by atoms with Crippen LogP contribution in [0.15, 0.2) is 71.5 Å². The Labute approximate surface area is 200 Å². The van der Waals surface area contributed by atoms with Gasteiger partial charge in [0.1, 0.15) is 11.4 Å². The number of hydrogen-bond acceptors (Lipinski definition) is 8. The summed E-state index contributed by atoms with van der Waals surface area (Å²) in [5.74, 6) is 0.735. The van der Waals surface area contributed by atoms with Crippen LogP contribution in [0.1, 0.15) is 16.8 Å². The molecule has 0 amide bonds. The molecule has 1 atom stereocenters. The third kappa shape index (κ3) is 6.93. The Bertz CT molecular complexity index is 1340. The molecule has 10 nitrogen and oxygen atoms in total. The minimum Gasteiger partial charge on any atom is -0.756 e. The zero-order valence-corrected chi connectivity index (χ0v) is 19.3. The van der Waals surface area contributed by atoms with Gasteiger partial charge in [0, 0.05) is 31.2 Å². The lowest BCUT2D eigenvalue weighted by molar-refractivity contribution is -0.712. The molecule has 0 bridgehead atoms. The predicted molar refractivity (Wildman–Crippen MR) is 120 cm³/mol. The first-order valence-corrected chi connectivity index (χ1v) is 12.0. The minimum absolute atomic E-state index is 0.171. The molecule has 0 aliphatic rings. The van der Waals surface area contributed by atoms with Crippen molar-refractivity contribution in [2.45, 2.75) is 19.6 Å². The normalized spacial score (nSPS) is 12.9. The molecule has 0 aliphatic carbocycles. The lowest BCUT2D eigenvalue weighted by atomic mass is 10.1. The average molecular weight is 500 g/mol. The Kier molecular flexibility index (Phi) is 7.52. The van der Waals surface area contributed by atoms with Crippen molar-refractivity contribution in [3.8, 4) is 17.2 Å². The van der Waals surface area contributed by atoms with Crippen molar-refractivity contribution in [1.82, 2.24) is 10.1 Å². The highest BCUT2D eigenvalue weighted by Gasteiger charge is 2.18. The summed E-state index contributed by atoms with van der Waals surface area (Å²) in [7, 11) is -4.89. The van der Waals surface area contributed by atoms with Gasteiger partial charge in [-0.3, -0.25) is 14.8 Å². The Balaban J connectivity index is 1.35. The van der Waals surface area contributed by atoms with Crippen molar-refractivity contribution < 1.29 is 37.1 Å². The molecular formula is C23H22FN4O6P. The fraction of sp³-hybridized carbons (Fsp3) is 0.174. The maximum Gasteiger partial charge on any atom is 0.285 e.